The molecule has 0 aliphatic rings. The fourth-order valence-corrected chi connectivity index (χ4v) is 2.71. The molecule has 0 radical (unpaired) electrons. The first-order valence-electron chi connectivity index (χ1n) is 6.02. The average Bonchev–Trinajstić information content (AvgIpc) is 2.36. The van der Waals surface area contributed by atoms with Crippen molar-refractivity contribution < 1.29 is 18.1 Å². The third-order valence-corrected chi connectivity index (χ3v) is 3.58. The summed E-state index contributed by atoms with van der Waals surface area (Å²) in [6, 6.07) is 4.11. The fraction of sp³-hybridized carbons (Fsp3) is 0.231. The molecular formula is C13H10F3N3O2S. The van der Waals surface area contributed by atoms with Crippen molar-refractivity contribution in [2.24, 2.45) is 0 Å². The number of benzene rings is 1. The van der Waals surface area contributed by atoms with Crippen LogP contribution in [0.2, 0.25) is 0 Å². The van der Waals surface area contributed by atoms with Crippen molar-refractivity contribution in [2.45, 2.75) is 30.1 Å². The summed E-state index contributed by atoms with van der Waals surface area (Å²) in [5, 5.41) is 11.3. The van der Waals surface area contributed by atoms with Crippen LogP contribution >= 0.6 is 11.8 Å². The molecule has 9 heteroatoms. The van der Waals surface area contributed by atoms with Crippen molar-refractivity contribution in [3.05, 3.63) is 51.3 Å². The van der Waals surface area contributed by atoms with E-state index < -0.39 is 22.4 Å². The van der Waals surface area contributed by atoms with Crippen LogP contribution in [-0.4, -0.2) is 14.9 Å². The van der Waals surface area contributed by atoms with Gasteiger partial charge in [-0.25, -0.2) is 9.97 Å². The number of aromatic nitrogens is 2. The van der Waals surface area contributed by atoms with E-state index >= 15 is 0 Å². The first kappa shape index (κ1) is 16.2. The van der Waals surface area contributed by atoms with Crippen LogP contribution in [0.4, 0.5) is 18.9 Å². The van der Waals surface area contributed by atoms with E-state index in [1.54, 1.807) is 19.9 Å². The molecule has 0 aliphatic heterocycles. The fourth-order valence-electron chi connectivity index (χ4n) is 1.76. The van der Waals surface area contributed by atoms with E-state index in [1.165, 1.54) is 0 Å². The quantitative estimate of drug-likeness (QED) is 0.480. The monoisotopic (exact) mass is 329 g/mol. The first-order valence-corrected chi connectivity index (χ1v) is 6.84. The van der Waals surface area contributed by atoms with Crippen LogP contribution < -0.4 is 0 Å². The predicted octanol–water partition coefficient (Wildman–Crippen LogP) is 4.17. The van der Waals surface area contributed by atoms with Gasteiger partial charge in [0.2, 0.25) is 0 Å². The van der Waals surface area contributed by atoms with Crippen molar-refractivity contribution in [3.8, 4) is 0 Å². The van der Waals surface area contributed by atoms with Gasteiger partial charge in [0.05, 0.1) is 15.4 Å². The Labute approximate surface area is 127 Å². The lowest BCUT2D eigenvalue weighted by Gasteiger charge is -2.08. The van der Waals surface area contributed by atoms with Gasteiger partial charge < -0.3 is 0 Å². The lowest BCUT2D eigenvalue weighted by Crippen LogP contribution is -2.06. The van der Waals surface area contributed by atoms with E-state index in [0.29, 0.717) is 17.5 Å². The molecule has 0 amide bonds. The van der Waals surface area contributed by atoms with Crippen LogP contribution in [0.15, 0.2) is 34.3 Å². The molecule has 1 heterocycles. The molecule has 0 saturated carbocycles. The van der Waals surface area contributed by atoms with Gasteiger partial charge >= 0.3 is 6.18 Å². The van der Waals surface area contributed by atoms with E-state index in [4.69, 9.17) is 0 Å². The molecule has 0 fully saturated rings. The molecule has 2 aromatic rings. The van der Waals surface area contributed by atoms with Gasteiger partial charge in [-0.1, -0.05) is 0 Å². The van der Waals surface area contributed by atoms with Crippen molar-refractivity contribution in [1.82, 2.24) is 9.97 Å². The summed E-state index contributed by atoms with van der Waals surface area (Å²) in [4.78, 5) is 18.4. The number of hydrogen-bond acceptors (Lipinski definition) is 5. The molecule has 5 nitrogen and oxygen atoms in total. The topological polar surface area (TPSA) is 68.9 Å². The number of nitro benzene ring substituents is 1. The molecule has 116 valence electrons. The number of nitro groups is 1. The number of rotatable bonds is 3. The lowest BCUT2D eigenvalue weighted by molar-refractivity contribution is -0.388. The van der Waals surface area contributed by atoms with Gasteiger partial charge in [-0.2, -0.15) is 13.2 Å². The summed E-state index contributed by atoms with van der Waals surface area (Å²) in [5.41, 5.74) is -0.346. The summed E-state index contributed by atoms with van der Waals surface area (Å²) in [7, 11) is 0. The Morgan fingerprint density at radius 3 is 2.23 bits per heavy atom. The van der Waals surface area contributed by atoms with Crippen molar-refractivity contribution in [2.75, 3.05) is 0 Å². The summed E-state index contributed by atoms with van der Waals surface area (Å²) in [6.45, 7) is 3.47. The van der Waals surface area contributed by atoms with E-state index in [9.17, 15) is 23.3 Å². The van der Waals surface area contributed by atoms with Gasteiger partial charge in [0.15, 0.2) is 5.16 Å². The highest BCUT2D eigenvalue weighted by molar-refractivity contribution is 7.99. The molecule has 1 aromatic heterocycles. The minimum absolute atomic E-state index is 0.0583. The Morgan fingerprint density at radius 2 is 1.73 bits per heavy atom. The van der Waals surface area contributed by atoms with Crippen molar-refractivity contribution in [1.29, 1.82) is 0 Å². The Bertz CT molecular complexity index is 715. The smallest absolute Gasteiger partial charge is 0.258 e. The molecule has 0 spiro atoms. The maximum absolute atomic E-state index is 12.6. The zero-order valence-electron chi connectivity index (χ0n) is 11.5. The molecule has 0 bridgehead atoms. The summed E-state index contributed by atoms with van der Waals surface area (Å²) in [6.07, 6.45) is -4.63. The van der Waals surface area contributed by atoms with Crippen LogP contribution in [0.3, 0.4) is 0 Å². The van der Waals surface area contributed by atoms with Crippen LogP contribution in [-0.2, 0) is 6.18 Å². The highest BCUT2D eigenvalue weighted by atomic mass is 32.2. The van der Waals surface area contributed by atoms with E-state index in [-0.39, 0.29) is 10.1 Å². The van der Waals surface area contributed by atoms with Gasteiger partial charge in [0, 0.05) is 17.5 Å². The Balaban J connectivity index is 2.44. The van der Waals surface area contributed by atoms with Gasteiger partial charge in [0.1, 0.15) is 0 Å². The molecule has 0 N–H and O–H groups in total. The molecule has 0 atom stereocenters. The maximum atomic E-state index is 12.6. The average molecular weight is 329 g/mol. The molecule has 2 rings (SSSR count). The number of alkyl halides is 3. The van der Waals surface area contributed by atoms with Gasteiger partial charge in [0.25, 0.3) is 5.69 Å². The Morgan fingerprint density at radius 1 is 1.14 bits per heavy atom. The van der Waals surface area contributed by atoms with E-state index in [1.807, 2.05) is 0 Å². The molecule has 1 aromatic carbocycles. The second kappa shape index (κ2) is 5.91. The zero-order valence-corrected chi connectivity index (χ0v) is 12.3. The van der Waals surface area contributed by atoms with Gasteiger partial charge in [-0.05, 0) is 43.8 Å². The lowest BCUT2D eigenvalue weighted by atomic mass is 10.2. The Kier molecular flexibility index (Phi) is 4.36. The maximum Gasteiger partial charge on any atom is 0.416 e. The number of nitrogens with zero attached hydrogens (tertiary/aromatic N) is 3. The second-order valence-corrected chi connectivity index (χ2v) is 5.48. The third kappa shape index (κ3) is 3.73. The van der Waals surface area contributed by atoms with Gasteiger partial charge in [-0.3, -0.25) is 10.1 Å². The molecule has 22 heavy (non-hydrogen) atoms. The largest absolute Gasteiger partial charge is 0.416 e. The normalized spacial score (nSPS) is 11.5. The van der Waals surface area contributed by atoms with Crippen LogP contribution in [0, 0.1) is 24.0 Å². The number of hydrogen-bond donors (Lipinski definition) is 0. The molecular weight excluding hydrogens is 319 g/mol. The van der Waals surface area contributed by atoms with Crippen molar-refractivity contribution >= 4 is 17.4 Å². The first-order chi connectivity index (χ1) is 10.2. The summed E-state index contributed by atoms with van der Waals surface area (Å²) >= 11 is 0.859. The van der Waals surface area contributed by atoms with Crippen LogP contribution in [0.1, 0.15) is 17.0 Å². The third-order valence-electron chi connectivity index (χ3n) is 2.65. The molecule has 0 unspecified atom stereocenters. The Hall–Kier alpha value is -2.16. The number of aryl methyl sites for hydroxylation is 2. The summed E-state index contributed by atoms with van der Waals surface area (Å²) < 4.78 is 37.9. The minimum atomic E-state index is -4.63. The predicted molar refractivity (Wildman–Crippen MR) is 73.7 cm³/mol. The van der Waals surface area contributed by atoms with Crippen LogP contribution in [0.25, 0.3) is 0 Å². The summed E-state index contributed by atoms with van der Waals surface area (Å²) in [5.74, 6) is 0. The van der Waals surface area contributed by atoms with E-state index in [0.717, 1.165) is 23.9 Å². The highest BCUT2D eigenvalue weighted by Gasteiger charge is 2.33. The number of halogens is 3. The SMILES string of the molecule is Cc1cc(C)nc(Sc2ccc(C(F)(F)F)cc2[N+](=O)[O-])n1. The molecule has 0 aliphatic carbocycles. The van der Waals surface area contributed by atoms with E-state index in [2.05, 4.69) is 9.97 Å². The van der Waals surface area contributed by atoms with Gasteiger partial charge in [-0.15, -0.1) is 0 Å². The zero-order chi connectivity index (χ0) is 16.5. The second-order valence-electron chi connectivity index (χ2n) is 4.47. The van der Waals surface area contributed by atoms with Crippen LogP contribution in [0.5, 0.6) is 0 Å². The molecule has 0 saturated heterocycles. The minimum Gasteiger partial charge on any atom is -0.258 e. The standard InChI is InChI=1S/C13H10F3N3O2S/c1-7-5-8(2)18-12(17-7)22-11-4-3-9(13(14,15)16)6-10(11)19(20)21/h3-6H,1-2H3. The highest BCUT2D eigenvalue weighted by Crippen LogP contribution is 2.38. The van der Waals surface area contributed by atoms with Crippen molar-refractivity contribution in [3.63, 3.8) is 0 Å².